The fraction of sp³-hybridized carbons (Fsp3) is 0.844. The van der Waals surface area contributed by atoms with Gasteiger partial charge in [0.15, 0.2) is 12.6 Å². The number of alkyl halides is 1. The molecule has 39 heavy (non-hydrogen) atoms. The first-order chi connectivity index (χ1) is 18.9. The van der Waals surface area contributed by atoms with Crippen molar-refractivity contribution < 1.29 is 28.5 Å². The van der Waals surface area contributed by atoms with E-state index in [4.69, 9.17) is 23.7 Å². The van der Waals surface area contributed by atoms with Crippen molar-refractivity contribution in [3.63, 3.8) is 0 Å². The van der Waals surface area contributed by atoms with Crippen molar-refractivity contribution in [2.75, 3.05) is 20.3 Å². The Morgan fingerprint density at radius 1 is 1.03 bits per heavy atom. The lowest BCUT2D eigenvalue weighted by atomic mass is 9.88. The van der Waals surface area contributed by atoms with Crippen LogP contribution in [0.4, 0.5) is 0 Å². The monoisotopic (exact) mass is 612 g/mol. The normalized spacial score (nSPS) is 31.6. The number of halogens is 1. The zero-order chi connectivity index (χ0) is 27.9. The van der Waals surface area contributed by atoms with Gasteiger partial charge in [-0.1, -0.05) is 66.4 Å². The number of methoxy groups -OCH3 is 1. The van der Waals surface area contributed by atoms with E-state index in [1.807, 2.05) is 0 Å². The summed E-state index contributed by atoms with van der Waals surface area (Å²) in [5.74, 6) is 0.538. The molecule has 0 bridgehead atoms. The quantitative estimate of drug-likeness (QED) is 0.0761. The molecule has 3 aliphatic rings. The van der Waals surface area contributed by atoms with E-state index >= 15 is 0 Å². The third-order valence-electron chi connectivity index (χ3n) is 8.35. The van der Waals surface area contributed by atoms with Gasteiger partial charge in [0.05, 0.1) is 18.8 Å². The molecule has 1 saturated carbocycles. The SMILES string of the molecule is CCCCCC(C)(/C=C/[C@@H]1[C@@H](C/C=C\CCCC(=O)OC)[C@H](Br)C[C@H]1OC1CCCCO1)OC1CCCCO1. The summed E-state index contributed by atoms with van der Waals surface area (Å²) in [6, 6.07) is 0. The second kappa shape index (κ2) is 17.9. The molecular weight excluding hydrogens is 560 g/mol. The van der Waals surface area contributed by atoms with Crippen molar-refractivity contribution in [2.45, 2.75) is 139 Å². The van der Waals surface area contributed by atoms with Gasteiger partial charge < -0.3 is 23.7 Å². The van der Waals surface area contributed by atoms with E-state index in [0.29, 0.717) is 17.2 Å². The van der Waals surface area contributed by atoms with Crippen molar-refractivity contribution in [1.29, 1.82) is 0 Å². The lowest BCUT2D eigenvalue weighted by Crippen LogP contribution is -2.36. The average molecular weight is 614 g/mol. The molecule has 2 saturated heterocycles. The molecule has 3 rings (SSSR count). The van der Waals surface area contributed by atoms with Crippen molar-refractivity contribution in [2.24, 2.45) is 11.8 Å². The first-order valence-corrected chi connectivity index (χ1v) is 16.5. The summed E-state index contributed by atoms with van der Waals surface area (Å²) in [5, 5.41) is 0. The first-order valence-electron chi connectivity index (χ1n) is 15.6. The van der Waals surface area contributed by atoms with Gasteiger partial charge in [-0.2, -0.15) is 0 Å². The third-order valence-corrected chi connectivity index (χ3v) is 9.40. The minimum absolute atomic E-state index is 0.102. The second-order valence-electron chi connectivity index (χ2n) is 11.7. The topological polar surface area (TPSA) is 63.2 Å². The van der Waals surface area contributed by atoms with Crippen LogP contribution < -0.4 is 0 Å². The van der Waals surface area contributed by atoms with E-state index in [0.717, 1.165) is 83.8 Å². The summed E-state index contributed by atoms with van der Waals surface area (Å²) in [6.07, 6.45) is 24.2. The second-order valence-corrected chi connectivity index (χ2v) is 12.9. The number of hydrogen-bond acceptors (Lipinski definition) is 6. The van der Waals surface area contributed by atoms with Crippen LogP contribution >= 0.6 is 15.9 Å². The number of carbonyl (C=O) groups is 1. The van der Waals surface area contributed by atoms with Crippen LogP contribution in [0.3, 0.4) is 0 Å². The van der Waals surface area contributed by atoms with Crippen LogP contribution in [0.15, 0.2) is 24.3 Å². The van der Waals surface area contributed by atoms with E-state index in [1.54, 1.807) is 0 Å². The molecular formula is C32H53BrO6. The maximum absolute atomic E-state index is 11.4. The maximum Gasteiger partial charge on any atom is 0.305 e. The molecule has 0 aromatic rings. The van der Waals surface area contributed by atoms with E-state index < -0.39 is 0 Å². The predicted octanol–water partition coefficient (Wildman–Crippen LogP) is 8.03. The summed E-state index contributed by atoms with van der Waals surface area (Å²) in [6.45, 7) is 6.06. The maximum atomic E-state index is 11.4. The van der Waals surface area contributed by atoms with Gasteiger partial charge in [-0.15, -0.1) is 0 Å². The largest absolute Gasteiger partial charge is 0.469 e. The molecule has 0 radical (unpaired) electrons. The average Bonchev–Trinajstić information content (AvgIpc) is 3.23. The number of ether oxygens (including phenoxy) is 5. The Bertz CT molecular complexity index is 745. The third kappa shape index (κ3) is 11.6. The highest BCUT2D eigenvalue weighted by Crippen LogP contribution is 2.43. The Hall–Kier alpha value is -0.730. The molecule has 7 heteroatoms. The van der Waals surface area contributed by atoms with Crippen LogP contribution in [0.1, 0.15) is 110 Å². The van der Waals surface area contributed by atoms with Crippen molar-refractivity contribution >= 4 is 21.9 Å². The molecule has 0 amide bonds. The van der Waals surface area contributed by atoms with Crippen LogP contribution in [0.25, 0.3) is 0 Å². The fourth-order valence-electron chi connectivity index (χ4n) is 5.97. The van der Waals surface area contributed by atoms with Gasteiger partial charge in [-0.05, 0) is 83.5 Å². The number of unbranched alkanes of at least 4 members (excludes halogenated alkanes) is 3. The molecule has 6 nitrogen and oxygen atoms in total. The molecule has 224 valence electrons. The summed E-state index contributed by atoms with van der Waals surface area (Å²) in [5.41, 5.74) is -0.359. The van der Waals surface area contributed by atoms with Crippen LogP contribution in [0, 0.1) is 11.8 Å². The minimum Gasteiger partial charge on any atom is -0.469 e. The van der Waals surface area contributed by atoms with Gasteiger partial charge in [-0.25, -0.2) is 0 Å². The number of hydrogen-bond donors (Lipinski definition) is 0. The molecule has 1 aliphatic carbocycles. The molecule has 0 aromatic carbocycles. The number of rotatable bonds is 16. The van der Waals surface area contributed by atoms with Crippen LogP contribution in [0.5, 0.6) is 0 Å². The van der Waals surface area contributed by atoms with Crippen molar-refractivity contribution in [3.8, 4) is 0 Å². The standard InChI is InChI=1S/C32H53BrO6/c1-4-5-12-20-32(2,39-31-18-11-14-23-37-31)21-19-26-25(15-8-6-7-9-16-29(34)35-3)27(33)24-28(26)38-30-17-10-13-22-36-30/h6,8,19,21,25-28,30-31H,4-5,7,9-18,20,22-24H2,1-3H3/b8-6-,21-19+/t25-,26-,27-,28-,30?,31?,32?/m1/s1. The van der Waals surface area contributed by atoms with Gasteiger partial charge >= 0.3 is 5.97 Å². The summed E-state index contributed by atoms with van der Waals surface area (Å²) < 4.78 is 30.0. The Labute approximate surface area is 245 Å². The van der Waals surface area contributed by atoms with Gasteiger partial charge in [0.1, 0.15) is 0 Å². The molecule has 0 N–H and O–H groups in total. The molecule has 3 unspecified atom stereocenters. The molecule has 0 aromatic heterocycles. The van der Waals surface area contributed by atoms with Gasteiger partial charge in [-0.3, -0.25) is 4.79 Å². The zero-order valence-electron chi connectivity index (χ0n) is 24.6. The van der Waals surface area contributed by atoms with Crippen LogP contribution in [0.2, 0.25) is 0 Å². The Kier molecular flexibility index (Phi) is 15.1. The first kappa shape index (κ1) is 32.8. The van der Waals surface area contributed by atoms with Gasteiger partial charge in [0, 0.05) is 30.4 Å². The minimum atomic E-state index is -0.359. The predicted molar refractivity (Wildman–Crippen MR) is 159 cm³/mol. The highest BCUT2D eigenvalue weighted by molar-refractivity contribution is 9.09. The zero-order valence-corrected chi connectivity index (χ0v) is 26.2. The highest BCUT2D eigenvalue weighted by atomic mass is 79.9. The van der Waals surface area contributed by atoms with Gasteiger partial charge in [0.25, 0.3) is 0 Å². The Balaban J connectivity index is 1.71. The van der Waals surface area contributed by atoms with Crippen molar-refractivity contribution in [3.05, 3.63) is 24.3 Å². The lowest BCUT2D eigenvalue weighted by molar-refractivity contribution is -0.208. The number of esters is 1. The smallest absolute Gasteiger partial charge is 0.305 e. The van der Waals surface area contributed by atoms with E-state index in [2.05, 4.69) is 54.1 Å². The van der Waals surface area contributed by atoms with Crippen LogP contribution in [-0.2, 0) is 28.5 Å². The summed E-state index contributed by atoms with van der Waals surface area (Å²) in [7, 11) is 1.45. The summed E-state index contributed by atoms with van der Waals surface area (Å²) >= 11 is 4.01. The fourth-order valence-corrected chi connectivity index (χ4v) is 6.90. The van der Waals surface area contributed by atoms with Gasteiger partial charge in [0.2, 0.25) is 0 Å². The molecule has 2 aliphatic heterocycles. The van der Waals surface area contributed by atoms with Crippen LogP contribution in [-0.4, -0.2) is 55.4 Å². The molecule has 7 atom stereocenters. The van der Waals surface area contributed by atoms with E-state index in [-0.39, 0.29) is 36.2 Å². The molecule has 3 fully saturated rings. The number of carbonyl (C=O) groups excluding carboxylic acids is 1. The van der Waals surface area contributed by atoms with E-state index in [9.17, 15) is 4.79 Å². The molecule has 2 heterocycles. The Morgan fingerprint density at radius 2 is 1.77 bits per heavy atom. The molecule has 0 spiro atoms. The summed E-state index contributed by atoms with van der Waals surface area (Å²) in [4.78, 5) is 11.8. The number of allylic oxidation sites excluding steroid dienone is 2. The highest BCUT2D eigenvalue weighted by Gasteiger charge is 2.42. The van der Waals surface area contributed by atoms with E-state index in [1.165, 1.54) is 26.4 Å². The van der Waals surface area contributed by atoms with Crippen molar-refractivity contribution in [1.82, 2.24) is 0 Å². The lowest BCUT2D eigenvalue weighted by Gasteiger charge is -2.34. The Morgan fingerprint density at radius 3 is 2.44 bits per heavy atom.